The summed E-state index contributed by atoms with van der Waals surface area (Å²) in [4.78, 5) is 6.53. The predicted octanol–water partition coefficient (Wildman–Crippen LogP) is 1.12. The molecule has 5 nitrogen and oxygen atoms in total. The number of hydrogen-bond acceptors (Lipinski definition) is 5. The predicted molar refractivity (Wildman–Crippen MR) is 74.0 cm³/mol. The molecule has 1 fully saturated rings. The number of morpholine rings is 1. The Hall–Kier alpha value is -1.64. The minimum Gasteiger partial charge on any atom is -0.373 e. The van der Waals surface area contributed by atoms with Crippen LogP contribution in [0.1, 0.15) is 23.9 Å². The Balaban J connectivity index is 2.33. The van der Waals surface area contributed by atoms with Gasteiger partial charge in [0.25, 0.3) is 0 Å². The number of nitrogens with zero attached hydrogens (tertiary/aromatic N) is 3. The van der Waals surface area contributed by atoms with E-state index in [1.165, 1.54) is 0 Å². The van der Waals surface area contributed by atoms with Gasteiger partial charge in [0.2, 0.25) is 0 Å². The van der Waals surface area contributed by atoms with E-state index in [9.17, 15) is 5.26 Å². The molecule has 5 heteroatoms. The first-order valence-corrected chi connectivity index (χ1v) is 6.53. The van der Waals surface area contributed by atoms with E-state index in [1.807, 2.05) is 26.8 Å². The van der Waals surface area contributed by atoms with Crippen LogP contribution in [0.4, 0.5) is 5.69 Å². The Bertz CT molecular complexity index is 507. The van der Waals surface area contributed by atoms with Crippen molar-refractivity contribution in [3.8, 4) is 6.07 Å². The van der Waals surface area contributed by atoms with Crippen LogP contribution in [0.25, 0.3) is 0 Å². The average Bonchev–Trinajstić information content (AvgIpc) is 2.38. The molecule has 2 unspecified atom stereocenters. The number of nitrogens with two attached hydrogens (primary N) is 1. The minimum atomic E-state index is -0.0163. The van der Waals surface area contributed by atoms with Gasteiger partial charge in [-0.1, -0.05) is 0 Å². The Morgan fingerprint density at radius 3 is 2.95 bits per heavy atom. The van der Waals surface area contributed by atoms with Crippen LogP contribution in [-0.4, -0.2) is 36.8 Å². The third kappa shape index (κ3) is 2.86. The van der Waals surface area contributed by atoms with Gasteiger partial charge in [0.05, 0.1) is 29.7 Å². The molecule has 19 heavy (non-hydrogen) atoms. The minimum absolute atomic E-state index is 0.00840. The molecule has 0 saturated carbocycles. The standard InChI is InChI=1S/C14H20N4O/c1-9-6-13(12(7-15)11(3)17-9)18-4-5-19-14(8-18)10(2)16/h6,10,14H,4-5,8,16H2,1-3H3. The van der Waals surface area contributed by atoms with Gasteiger partial charge in [-0.05, 0) is 26.8 Å². The lowest BCUT2D eigenvalue weighted by Crippen LogP contribution is -2.49. The van der Waals surface area contributed by atoms with Crippen LogP contribution in [-0.2, 0) is 4.74 Å². The summed E-state index contributed by atoms with van der Waals surface area (Å²) < 4.78 is 5.66. The van der Waals surface area contributed by atoms with Crippen molar-refractivity contribution in [3.63, 3.8) is 0 Å². The number of rotatable bonds is 2. The first-order valence-electron chi connectivity index (χ1n) is 6.53. The summed E-state index contributed by atoms with van der Waals surface area (Å²) in [7, 11) is 0. The second-order valence-electron chi connectivity index (χ2n) is 5.07. The van der Waals surface area contributed by atoms with Crippen LogP contribution in [0, 0.1) is 25.2 Å². The maximum Gasteiger partial charge on any atom is 0.103 e. The lowest BCUT2D eigenvalue weighted by Gasteiger charge is -2.36. The van der Waals surface area contributed by atoms with Gasteiger partial charge >= 0.3 is 0 Å². The summed E-state index contributed by atoms with van der Waals surface area (Å²) in [5.74, 6) is 0. The van der Waals surface area contributed by atoms with Crippen LogP contribution >= 0.6 is 0 Å². The summed E-state index contributed by atoms with van der Waals surface area (Å²) in [5, 5.41) is 9.32. The van der Waals surface area contributed by atoms with Crippen LogP contribution in [0.5, 0.6) is 0 Å². The highest BCUT2D eigenvalue weighted by Crippen LogP contribution is 2.25. The highest BCUT2D eigenvalue weighted by atomic mass is 16.5. The van der Waals surface area contributed by atoms with E-state index in [0.717, 1.165) is 30.2 Å². The number of hydrogen-bond donors (Lipinski definition) is 1. The van der Waals surface area contributed by atoms with Gasteiger partial charge in [0, 0.05) is 24.8 Å². The normalized spacial score (nSPS) is 21.0. The quantitative estimate of drug-likeness (QED) is 0.862. The molecule has 102 valence electrons. The van der Waals surface area contributed by atoms with E-state index >= 15 is 0 Å². The van der Waals surface area contributed by atoms with Crippen molar-refractivity contribution >= 4 is 5.69 Å². The molecule has 2 rings (SSSR count). The van der Waals surface area contributed by atoms with Crippen molar-refractivity contribution in [3.05, 3.63) is 23.0 Å². The topological polar surface area (TPSA) is 75.2 Å². The summed E-state index contributed by atoms with van der Waals surface area (Å²) in [6.45, 7) is 7.90. The van der Waals surface area contributed by atoms with Crippen molar-refractivity contribution in [1.29, 1.82) is 5.26 Å². The summed E-state index contributed by atoms with van der Waals surface area (Å²) >= 11 is 0. The summed E-state index contributed by atoms with van der Waals surface area (Å²) in [5.41, 5.74) is 9.21. The van der Waals surface area contributed by atoms with Crippen LogP contribution in [0.3, 0.4) is 0 Å². The lowest BCUT2D eigenvalue weighted by atomic mass is 10.1. The molecule has 0 amide bonds. The number of pyridine rings is 1. The molecular formula is C14H20N4O. The molecule has 2 atom stereocenters. The molecule has 0 spiro atoms. The van der Waals surface area contributed by atoms with Crippen molar-refractivity contribution in [2.24, 2.45) is 5.73 Å². The molecular weight excluding hydrogens is 240 g/mol. The van der Waals surface area contributed by atoms with Gasteiger partial charge in [0.15, 0.2) is 0 Å². The van der Waals surface area contributed by atoms with E-state index in [-0.39, 0.29) is 12.1 Å². The highest BCUT2D eigenvalue weighted by molar-refractivity contribution is 5.62. The van der Waals surface area contributed by atoms with Crippen molar-refractivity contribution < 1.29 is 4.74 Å². The van der Waals surface area contributed by atoms with Crippen molar-refractivity contribution in [2.45, 2.75) is 32.9 Å². The average molecular weight is 260 g/mol. The molecule has 1 saturated heterocycles. The fourth-order valence-corrected chi connectivity index (χ4v) is 2.41. The van der Waals surface area contributed by atoms with Crippen LogP contribution in [0.2, 0.25) is 0 Å². The van der Waals surface area contributed by atoms with E-state index in [0.29, 0.717) is 12.2 Å². The van der Waals surface area contributed by atoms with Gasteiger partial charge in [-0.2, -0.15) is 5.26 Å². The van der Waals surface area contributed by atoms with Crippen LogP contribution in [0.15, 0.2) is 6.07 Å². The van der Waals surface area contributed by atoms with Crippen molar-refractivity contribution in [2.75, 3.05) is 24.6 Å². The number of aryl methyl sites for hydroxylation is 2. The SMILES string of the molecule is Cc1cc(N2CCOC(C(C)N)C2)c(C#N)c(C)n1. The monoisotopic (exact) mass is 260 g/mol. The molecule has 2 heterocycles. The van der Waals surface area contributed by atoms with E-state index in [4.69, 9.17) is 10.5 Å². The first kappa shape index (κ1) is 13.8. The molecule has 1 aromatic heterocycles. The Labute approximate surface area is 114 Å². The fraction of sp³-hybridized carbons (Fsp3) is 0.571. The smallest absolute Gasteiger partial charge is 0.103 e. The van der Waals surface area contributed by atoms with E-state index < -0.39 is 0 Å². The van der Waals surface area contributed by atoms with Gasteiger partial charge in [-0.3, -0.25) is 4.98 Å². The summed E-state index contributed by atoms with van der Waals surface area (Å²) in [6.07, 6.45) is 0.00840. The van der Waals surface area contributed by atoms with Gasteiger partial charge in [-0.15, -0.1) is 0 Å². The van der Waals surface area contributed by atoms with Gasteiger partial charge < -0.3 is 15.4 Å². The second-order valence-corrected chi connectivity index (χ2v) is 5.07. The molecule has 2 N–H and O–H groups in total. The molecule has 1 aromatic rings. The zero-order chi connectivity index (χ0) is 14.0. The lowest BCUT2D eigenvalue weighted by molar-refractivity contribution is 0.0276. The van der Waals surface area contributed by atoms with Crippen LogP contribution < -0.4 is 10.6 Å². The molecule has 1 aliphatic rings. The third-order valence-corrected chi connectivity index (χ3v) is 3.44. The second kappa shape index (κ2) is 5.55. The first-order chi connectivity index (χ1) is 9.02. The molecule has 0 aromatic carbocycles. The Morgan fingerprint density at radius 2 is 2.32 bits per heavy atom. The molecule has 0 aliphatic carbocycles. The Morgan fingerprint density at radius 1 is 1.58 bits per heavy atom. The molecule has 0 bridgehead atoms. The fourth-order valence-electron chi connectivity index (χ4n) is 2.41. The molecule has 1 aliphatic heterocycles. The zero-order valence-corrected chi connectivity index (χ0v) is 11.7. The third-order valence-electron chi connectivity index (χ3n) is 3.44. The Kier molecular flexibility index (Phi) is 4.03. The number of anilines is 1. The number of aromatic nitrogens is 1. The van der Waals surface area contributed by atoms with E-state index in [2.05, 4.69) is 16.0 Å². The largest absolute Gasteiger partial charge is 0.373 e. The number of ether oxygens (including phenoxy) is 1. The van der Waals surface area contributed by atoms with Crippen molar-refractivity contribution in [1.82, 2.24) is 4.98 Å². The van der Waals surface area contributed by atoms with Gasteiger partial charge in [0.1, 0.15) is 6.07 Å². The zero-order valence-electron chi connectivity index (χ0n) is 11.7. The summed E-state index contributed by atoms with van der Waals surface area (Å²) in [6, 6.07) is 4.21. The maximum atomic E-state index is 9.32. The van der Waals surface area contributed by atoms with E-state index in [1.54, 1.807) is 0 Å². The molecule has 0 radical (unpaired) electrons. The van der Waals surface area contributed by atoms with Gasteiger partial charge in [-0.25, -0.2) is 0 Å². The number of nitriles is 1. The maximum absolute atomic E-state index is 9.32. The highest BCUT2D eigenvalue weighted by Gasteiger charge is 2.25.